The molecule has 8 heteroatoms. The largest absolute Gasteiger partial charge is 0.450 e. The van der Waals surface area contributed by atoms with E-state index < -0.39 is 30.3 Å². The van der Waals surface area contributed by atoms with E-state index in [0.29, 0.717) is 11.1 Å². The Kier molecular flexibility index (Phi) is 5.16. The summed E-state index contributed by atoms with van der Waals surface area (Å²) in [5, 5.41) is 4.88. The predicted molar refractivity (Wildman–Crippen MR) is 94.8 cm³/mol. The van der Waals surface area contributed by atoms with Crippen molar-refractivity contribution in [2.24, 2.45) is 0 Å². The lowest BCUT2D eigenvalue weighted by atomic mass is 10.1. The van der Waals surface area contributed by atoms with Gasteiger partial charge in [0.1, 0.15) is 11.4 Å². The summed E-state index contributed by atoms with van der Waals surface area (Å²) in [4.78, 5) is 35.6. The molecule has 1 aromatic heterocycles. The Hall–Kier alpha value is -3.68. The van der Waals surface area contributed by atoms with Crippen LogP contribution in [0.4, 0.5) is 14.9 Å². The van der Waals surface area contributed by atoms with E-state index in [9.17, 15) is 18.8 Å². The molecule has 0 atom stereocenters. The van der Waals surface area contributed by atoms with Crippen molar-refractivity contribution >= 4 is 34.6 Å². The number of halogens is 1. The zero-order valence-electron chi connectivity index (χ0n) is 14.2. The molecule has 0 saturated heterocycles. The van der Waals surface area contributed by atoms with Crippen LogP contribution in [-0.4, -0.2) is 24.5 Å². The van der Waals surface area contributed by atoms with E-state index in [2.05, 4.69) is 5.32 Å². The molecule has 0 aliphatic heterocycles. The Morgan fingerprint density at radius 3 is 2.52 bits per heavy atom. The molecule has 0 unspecified atom stereocenters. The molecule has 0 saturated carbocycles. The number of anilines is 1. The van der Waals surface area contributed by atoms with Gasteiger partial charge >= 0.3 is 12.0 Å². The number of amides is 3. The number of imide groups is 1. The third-order valence-corrected chi connectivity index (χ3v) is 3.74. The van der Waals surface area contributed by atoms with Crippen LogP contribution in [0.3, 0.4) is 0 Å². The van der Waals surface area contributed by atoms with Gasteiger partial charge in [0.15, 0.2) is 6.61 Å². The first-order chi connectivity index (χ1) is 13.0. The number of rotatable bonds is 4. The minimum Gasteiger partial charge on any atom is -0.450 e. The van der Waals surface area contributed by atoms with Crippen LogP contribution in [0.1, 0.15) is 16.1 Å². The summed E-state index contributed by atoms with van der Waals surface area (Å²) in [5.41, 5.74) is 1.03. The maximum Gasteiger partial charge on any atom is 0.375 e. The van der Waals surface area contributed by atoms with Gasteiger partial charge in [0.25, 0.3) is 5.91 Å². The summed E-state index contributed by atoms with van der Waals surface area (Å²) in [6.45, 7) is 1.00. The second-order valence-electron chi connectivity index (χ2n) is 5.61. The second kappa shape index (κ2) is 7.69. The van der Waals surface area contributed by atoms with Crippen molar-refractivity contribution in [1.82, 2.24) is 5.32 Å². The van der Waals surface area contributed by atoms with E-state index in [4.69, 9.17) is 9.15 Å². The predicted octanol–water partition coefficient (Wildman–Crippen LogP) is 3.39. The molecule has 27 heavy (non-hydrogen) atoms. The van der Waals surface area contributed by atoms with Crippen molar-refractivity contribution in [3.8, 4) is 0 Å². The third kappa shape index (κ3) is 4.12. The fourth-order valence-electron chi connectivity index (χ4n) is 2.44. The summed E-state index contributed by atoms with van der Waals surface area (Å²) in [7, 11) is 0. The number of carbonyl (C=O) groups excluding carboxylic acids is 3. The lowest BCUT2D eigenvalue weighted by Crippen LogP contribution is -2.37. The van der Waals surface area contributed by atoms with E-state index in [1.165, 1.54) is 18.2 Å². The standard InChI is InChI=1S/C19H15FN2O5/c1-11-12-6-2-5-9-15(12)27-17(11)18(24)26-10-16(23)22-19(25)21-14-8-4-3-7-13(14)20/h2-9H,10H2,1H3,(H2,21,22,23,25). The Balaban J connectivity index is 1.55. The van der Waals surface area contributed by atoms with Gasteiger partial charge in [0.2, 0.25) is 5.76 Å². The molecule has 0 fully saturated rings. The minimum atomic E-state index is -0.943. The molecule has 3 aromatic rings. The van der Waals surface area contributed by atoms with Crippen LogP contribution in [0.5, 0.6) is 0 Å². The third-order valence-electron chi connectivity index (χ3n) is 3.74. The van der Waals surface area contributed by atoms with E-state index in [0.717, 1.165) is 11.5 Å². The van der Waals surface area contributed by atoms with Gasteiger partial charge in [-0.25, -0.2) is 14.0 Å². The summed E-state index contributed by atoms with van der Waals surface area (Å²) >= 11 is 0. The molecular weight excluding hydrogens is 355 g/mol. The number of para-hydroxylation sites is 2. The van der Waals surface area contributed by atoms with Crippen molar-refractivity contribution in [1.29, 1.82) is 0 Å². The number of hydrogen-bond donors (Lipinski definition) is 2. The number of nitrogens with one attached hydrogen (secondary N) is 2. The van der Waals surface area contributed by atoms with E-state index in [1.807, 2.05) is 11.4 Å². The molecule has 138 valence electrons. The first-order valence-electron chi connectivity index (χ1n) is 7.96. The average molecular weight is 370 g/mol. The zero-order valence-corrected chi connectivity index (χ0v) is 14.2. The van der Waals surface area contributed by atoms with Crippen LogP contribution in [0, 0.1) is 12.7 Å². The maximum absolute atomic E-state index is 13.4. The monoisotopic (exact) mass is 370 g/mol. The molecule has 0 radical (unpaired) electrons. The minimum absolute atomic E-state index is 0.0141. The summed E-state index contributed by atoms with van der Waals surface area (Å²) in [6, 6.07) is 11.6. The van der Waals surface area contributed by atoms with E-state index in [-0.39, 0.29) is 11.4 Å². The SMILES string of the molecule is Cc1c(C(=O)OCC(=O)NC(=O)Nc2ccccc2F)oc2ccccc12. The highest BCUT2D eigenvalue weighted by molar-refractivity contribution is 6.02. The Bertz CT molecular complexity index is 1030. The van der Waals surface area contributed by atoms with Gasteiger partial charge in [-0.3, -0.25) is 10.1 Å². The van der Waals surface area contributed by atoms with Gasteiger partial charge in [0, 0.05) is 10.9 Å². The van der Waals surface area contributed by atoms with Gasteiger partial charge < -0.3 is 14.5 Å². The molecular formula is C19H15FN2O5. The Morgan fingerprint density at radius 2 is 1.78 bits per heavy atom. The number of fused-ring (bicyclic) bond motifs is 1. The topological polar surface area (TPSA) is 97.6 Å². The molecule has 3 rings (SSSR count). The van der Waals surface area contributed by atoms with Gasteiger partial charge in [-0.1, -0.05) is 30.3 Å². The highest BCUT2D eigenvalue weighted by Crippen LogP contribution is 2.25. The molecule has 0 aliphatic carbocycles. The lowest BCUT2D eigenvalue weighted by molar-refractivity contribution is -0.123. The van der Waals surface area contributed by atoms with Crippen LogP contribution in [0.2, 0.25) is 0 Å². The fraction of sp³-hybridized carbons (Fsp3) is 0.105. The highest BCUT2D eigenvalue weighted by atomic mass is 19.1. The van der Waals surface area contributed by atoms with Crippen LogP contribution < -0.4 is 10.6 Å². The van der Waals surface area contributed by atoms with Crippen molar-refractivity contribution in [2.75, 3.05) is 11.9 Å². The molecule has 0 spiro atoms. The van der Waals surface area contributed by atoms with Crippen LogP contribution in [-0.2, 0) is 9.53 Å². The zero-order chi connectivity index (χ0) is 19.4. The van der Waals surface area contributed by atoms with Crippen LogP contribution in [0.25, 0.3) is 11.0 Å². The first kappa shape index (κ1) is 18.1. The number of urea groups is 1. The van der Waals surface area contributed by atoms with Crippen molar-refractivity contribution in [3.63, 3.8) is 0 Å². The Labute approximate surface area is 153 Å². The number of ether oxygens (including phenoxy) is 1. The molecule has 7 nitrogen and oxygen atoms in total. The molecule has 0 bridgehead atoms. The average Bonchev–Trinajstić information content (AvgIpc) is 2.99. The van der Waals surface area contributed by atoms with Crippen molar-refractivity contribution in [3.05, 3.63) is 65.7 Å². The van der Waals surface area contributed by atoms with Crippen molar-refractivity contribution < 1.29 is 27.9 Å². The Morgan fingerprint density at radius 1 is 1.07 bits per heavy atom. The molecule has 0 aliphatic rings. The molecule has 2 N–H and O–H groups in total. The van der Waals surface area contributed by atoms with E-state index >= 15 is 0 Å². The van der Waals surface area contributed by atoms with Crippen molar-refractivity contribution in [2.45, 2.75) is 6.92 Å². The van der Waals surface area contributed by atoms with Crippen LogP contribution in [0.15, 0.2) is 52.9 Å². The summed E-state index contributed by atoms with van der Waals surface area (Å²) < 4.78 is 23.8. The number of benzene rings is 2. The number of esters is 1. The lowest BCUT2D eigenvalue weighted by Gasteiger charge is -2.07. The molecule has 2 aromatic carbocycles. The quantitative estimate of drug-likeness (QED) is 0.686. The maximum atomic E-state index is 13.4. The van der Waals surface area contributed by atoms with Gasteiger partial charge in [0.05, 0.1) is 5.69 Å². The number of carbonyl (C=O) groups is 3. The smallest absolute Gasteiger partial charge is 0.375 e. The van der Waals surface area contributed by atoms with Crippen LogP contribution >= 0.6 is 0 Å². The van der Waals surface area contributed by atoms with Gasteiger partial charge in [-0.05, 0) is 25.1 Å². The molecule has 3 amide bonds. The number of aryl methyl sites for hydroxylation is 1. The van der Waals surface area contributed by atoms with E-state index in [1.54, 1.807) is 25.1 Å². The van der Waals surface area contributed by atoms with Gasteiger partial charge in [-0.15, -0.1) is 0 Å². The fourth-order valence-corrected chi connectivity index (χ4v) is 2.44. The number of hydrogen-bond acceptors (Lipinski definition) is 5. The normalized spacial score (nSPS) is 10.4. The van der Waals surface area contributed by atoms with Gasteiger partial charge in [-0.2, -0.15) is 0 Å². The second-order valence-corrected chi connectivity index (χ2v) is 5.61. The first-order valence-corrected chi connectivity index (χ1v) is 7.96. The summed E-state index contributed by atoms with van der Waals surface area (Å²) in [6.07, 6.45) is 0. The number of furan rings is 1. The highest BCUT2D eigenvalue weighted by Gasteiger charge is 2.20. The molecule has 1 heterocycles. The summed E-state index contributed by atoms with van der Waals surface area (Å²) in [5.74, 6) is -2.36.